The summed E-state index contributed by atoms with van der Waals surface area (Å²) in [4.78, 5) is 12.6. The summed E-state index contributed by atoms with van der Waals surface area (Å²) < 4.78 is 24.7. The maximum atomic E-state index is 12.6. The second-order valence-electron chi connectivity index (χ2n) is 7.03. The summed E-state index contributed by atoms with van der Waals surface area (Å²) >= 11 is 0. The van der Waals surface area contributed by atoms with Crippen molar-refractivity contribution < 1.29 is 13.2 Å². The molecule has 0 aliphatic heterocycles. The van der Waals surface area contributed by atoms with Crippen LogP contribution < -0.4 is 9.62 Å². The summed E-state index contributed by atoms with van der Waals surface area (Å²) in [6, 6.07) is 14.3. The predicted molar refractivity (Wildman–Crippen MR) is 103 cm³/mol. The van der Waals surface area contributed by atoms with E-state index in [9.17, 15) is 13.2 Å². The Hall–Kier alpha value is -2.34. The number of anilines is 2. The molecule has 1 amide bonds. The van der Waals surface area contributed by atoms with Gasteiger partial charge in [0.15, 0.2) is 0 Å². The number of rotatable bonds is 4. The van der Waals surface area contributed by atoms with E-state index >= 15 is 0 Å². The van der Waals surface area contributed by atoms with Crippen molar-refractivity contribution >= 4 is 27.3 Å². The number of amides is 1. The van der Waals surface area contributed by atoms with Gasteiger partial charge in [0.25, 0.3) is 5.91 Å². The van der Waals surface area contributed by atoms with Crippen molar-refractivity contribution in [3.63, 3.8) is 0 Å². The fraction of sp³-hybridized carbons (Fsp3) is 0.316. The van der Waals surface area contributed by atoms with Gasteiger partial charge in [-0.3, -0.25) is 9.10 Å². The Kier molecular flexibility index (Phi) is 5.23. The van der Waals surface area contributed by atoms with Crippen molar-refractivity contribution in [1.29, 1.82) is 0 Å². The molecule has 0 saturated heterocycles. The Balaban J connectivity index is 2.28. The van der Waals surface area contributed by atoms with Crippen LogP contribution in [-0.4, -0.2) is 27.6 Å². The number of hydrogen-bond donors (Lipinski definition) is 1. The van der Waals surface area contributed by atoms with E-state index < -0.39 is 10.0 Å². The van der Waals surface area contributed by atoms with Crippen molar-refractivity contribution in [3.8, 4) is 0 Å². The first-order valence-corrected chi connectivity index (χ1v) is 9.80. The standard InChI is InChI=1S/C19H24N2O3S/c1-19(2,3)14-10-12-15(13-11-14)20-18(22)16-8-6-7-9-17(16)21(4)25(5,23)24/h6-13H,1-5H3,(H,20,22). The number of hydrogen-bond acceptors (Lipinski definition) is 3. The predicted octanol–water partition coefficient (Wildman–Crippen LogP) is 3.63. The van der Waals surface area contributed by atoms with Gasteiger partial charge in [-0.2, -0.15) is 0 Å². The Morgan fingerprint density at radius 3 is 2.08 bits per heavy atom. The van der Waals surface area contributed by atoms with Gasteiger partial charge in [0, 0.05) is 12.7 Å². The lowest BCUT2D eigenvalue weighted by molar-refractivity contribution is 0.102. The van der Waals surface area contributed by atoms with Crippen LogP contribution in [0, 0.1) is 0 Å². The molecule has 0 aliphatic carbocycles. The zero-order chi connectivity index (χ0) is 18.8. The minimum absolute atomic E-state index is 0.0351. The van der Waals surface area contributed by atoms with Crippen molar-refractivity contribution in [2.24, 2.45) is 0 Å². The van der Waals surface area contributed by atoms with Crippen molar-refractivity contribution in [3.05, 3.63) is 59.7 Å². The van der Waals surface area contributed by atoms with Crippen LogP contribution in [0.15, 0.2) is 48.5 Å². The highest BCUT2D eigenvalue weighted by molar-refractivity contribution is 7.92. The van der Waals surface area contributed by atoms with Gasteiger partial charge >= 0.3 is 0 Å². The molecule has 6 heteroatoms. The molecular formula is C19H24N2O3S. The van der Waals surface area contributed by atoms with E-state index in [2.05, 4.69) is 26.1 Å². The van der Waals surface area contributed by atoms with Gasteiger partial charge in [0.2, 0.25) is 10.0 Å². The summed E-state index contributed by atoms with van der Waals surface area (Å²) in [6.07, 6.45) is 1.10. The highest BCUT2D eigenvalue weighted by Gasteiger charge is 2.19. The van der Waals surface area contributed by atoms with E-state index in [1.54, 1.807) is 24.3 Å². The fourth-order valence-electron chi connectivity index (χ4n) is 2.37. The second kappa shape index (κ2) is 6.88. The molecular weight excluding hydrogens is 336 g/mol. The van der Waals surface area contributed by atoms with E-state index in [-0.39, 0.29) is 11.3 Å². The quantitative estimate of drug-likeness (QED) is 0.905. The molecule has 0 bridgehead atoms. The van der Waals surface area contributed by atoms with Crippen LogP contribution in [0.2, 0.25) is 0 Å². The van der Waals surface area contributed by atoms with E-state index in [0.29, 0.717) is 16.9 Å². The Bertz CT molecular complexity index is 866. The zero-order valence-electron chi connectivity index (χ0n) is 15.2. The molecule has 2 rings (SSSR count). The van der Waals surface area contributed by atoms with Crippen LogP contribution in [0.4, 0.5) is 11.4 Å². The maximum Gasteiger partial charge on any atom is 0.257 e. The first-order chi connectivity index (χ1) is 11.5. The third-order valence-corrected chi connectivity index (χ3v) is 5.19. The van der Waals surface area contributed by atoms with Gasteiger partial charge in [0.1, 0.15) is 0 Å². The Labute approximate surface area is 149 Å². The highest BCUT2D eigenvalue weighted by Crippen LogP contribution is 2.25. The Morgan fingerprint density at radius 2 is 1.56 bits per heavy atom. The summed E-state index contributed by atoms with van der Waals surface area (Å²) in [5.41, 5.74) is 2.51. The van der Waals surface area contributed by atoms with Crippen molar-refractivity contribution in [2.75, 3.05) is 22.9 Å². The monoisotopic (exact) mass is 360 g/mol. The lowest BCUT2D eigenvalue weighted by Crippen LogP contribution is -2.27. The van der Waals surface area contributed by atoms with E-state index in [0.717, 1.165) is 10.6 Å². The SMILES string of the molecule is CN(c1ccccc1C(=O)Nc1ccc(C(C)(C)C)cc1)S(C)(=O)=O. The topological polar surface area (TPSA) is 66.5 Å². The normalized spacial score (nSPS) is 11.9. The van der Waals surface area contributed by atoms with Gasteiger partial charge in [0.05, 0.1) is 17.5 Å². The summed E-state index contributed by atoms with van der Waals surface area (Å²) in [7, 11) is -2.02. The molecule has 25 heavy (non-hydrogen) atoms. The highest BCUT2D eigenvalue weighted by atomic mass is 32.2. The van der Waals surface area contributed by atoms with Gasteiger partial charge in [-0.1, -0.05) is 45.0 Å². The minimum Gasteiger partial charge on any atom is -0.322 e. The number of carbonyl (C=O) groups excluding carboxylic acids is 1. The molecule has 2 aromatic carbocycles. The van der Waals surface area contributed by atoms with Crippen LogP contribution >= 0.6 is 0 Å². The van der Waals surface area contributed by atoms with Crippen molar-refractivity contribution in [1.82, 2.24) is 0 Å². The third-order valence-electron chi connectivity index (χ3n) is 3.99. The molecule has 0 heterocycles. The number of benzene rings is 2. The van der Waals surface area contributed by atoms with E-state index in [1.165, 1.54) is 12.6 Å². The molecule has 134 valence electrons. The Morgan fingerprint density at radius 1 is 1.00 bits per heavy atom. The third kappa shape index (κ3) is 4.60. The average molecular weight is 360 g/mol. The summed E-state index contributed by atoms with van der Waals surface area (Å²) in [5.74, 6) is -0.352. The number of nitrogens with one attached hydrogen (secondary N) is 1. The van der Waals surface area contributed by atoms with Crippen LogP contribution in [0.25, 0.3) is 0 Å². The minimum atomic E-state index is -3.45. The van der Waals surface area contributed by atoms with Gasteiger partial charge in [-0.15, -0.1) is 0 Å². The van der Waals surface area contributed by atoms with Gasteiger partial charge < -0.3 is 5.32 Å². The molecule has 0 aromatic heterocycles. The van der Waals surface area contributed by atoms with Crippen LogP contribution in [-0.2, 0) is 15.4 Å². The number of nitrogens with zero attached hydrogens (tertiary/aromatic N) is 1. The second-order valence-corrected chi connectivity index (χ2v) is 9.04. The first-order valence-electron chi connectivity index (χ1n) is 7.95. The van der Waals surface area contributed by atoms with Crippen LogP contribution in [0.5, 0.6) is 0 Å². The fourth-order valence-corrected chi connectivity index (χ4v) is 2.89. The van der Waals surface area contributed by atoms with Crippen molar-refractivity contribution in [2.45, 2.75) is 26.2 Å². The molecule has 0 spiro atoms. The molecule has 0 aliphatic rings. The maximum absolute atomic E-state index is 12.6. The van der Waals surface area contributed by atoms with E-state index in [1.807, 2.05) is 24.3 Å². The lowest BCUT2D eigenvalue weighted by Gasteiger charge is -2.20. The van der Waals surface area contributed by atoms with Crippen LogP contribution in [0.1, 0.15) is 36.7 Å². The van der Waals surface area contributed by atoms with Gasteiger partial charge in [-0.25, -0.2) is 8.42 Å². The first kappa shape index (κ1) is 19.0. The van der Waals surface area contributed by atoms with E-state index in [4.69, 9.17) is 0 Å². The number of para-hydroxylation sites is 1. The molecule has 0 atom stereocenters. The molecule has 0 fully saturated rings. The summed E-state index contributed by atoms with van der Waals surface area (Å²) in [6.45, 7) is 6.37. The molecule has 0 unspecified atom stereocenters. The molecule has 1 N–H and O–H groups in total. The number of sulfonamides is 1. The van der Waals surface area contributed by atoms with Crippen LogP contribution in [0.3, 0.4) is 0 Å². The summed E-state index contributed by atoms with van der Waals surface area (Å²) in [5, 5.41) is 2.82. The molecule has 0 saturated carbocycles. The number of carbonyl (C=O) groups is 1. The average Bonchev–Trinajstić information content (AvgIpc) is 2.53. The molecule has 5 nitrogen and oxygen atoms in total. The molecule has 2 aromatic rings. The largest absolute Gasteiger partial charge is 0.322 e. The smallest absolute Gasteiger partial charge is 0.257 e. The lowest BCUT2D eigenvalue weighted by atomic mass is 9.87. The molecule has 0 radical (unpaired) electrons. The zero-order valence-corrected chi connectivity index (χ0v) is 16.0. The van der Waals surface area contributed by atoms with Gasteiger partial charge in [-0.05, 0) is 35.2 Å².